The largest absolute Gasteiger partial charge is 0.477 e. The summed E-state index contributed by atoms with van der Waals surface area (Å²) in [7, 11) is 0. The standard InChI is InChI=1S/C16H18F3N3O3/c1-10-6-7-11-13-21-22-14(25-13)15(23,16(17,18)19)8-4-2-3-5-9-24-12(10)20-11/h6-7,23H,2-5,8-9H2,1H3. The van der Waals surface area contributed by atoms with E-state index in [-0.39, 0.29) is 18.0 Å². The van der Waals surface area contributed by atoms with E-state index in [0.29, 0.717) is 31.7 Å². The number of ether oxygens (including phenoxy) is 1. The van der Waals surface area contributed by atoms with Gasteiger partial charge < -0.3 is 14.3 Å². The van der Waals surface area contributed by atoms with Crippen LogP contribution in [0.2, 0.25) is 0 Å². The third kappa shape index (κ3) is 3.46. The Labute approximate surface area is 142 Å². The summed E-state index contributed by atoms with van der Waals surface area (Å²) in [6.45, 7) is 2.23. The van der Waals surface area contributed by atoms with Crippen LogP contribution in [0.15, 0.2) is 16.5 Å². The molecule has 9 heteroatoms. The number of aromatic nitrogens is 3. The summed E-state index contributed by atoms with van der Waals surface area (Å²) in [5.74, 6) is -0.683. The molecular weight excluding hydrogens is 339 g/mol. The van der Waals surface area contributed by atoms with E-state index in [4.69, 9.17) is 9.15 Å². The van der Waals surface area contributed by atoms with Gasteiger partial charge in [-0.1, -0.05) is 18.9 Å². The van der Waals surface area contributed by atoms with Gasteiger partial charge >= 0.3 is 6.18 Å². The third-order valence-corrected chi connectivity index (χ3v) is 4.19. The summed E-state index contributed by atoms with van der Waals surface area (Å²) >= 11 is 0. The van der Waals surface area contributed by atoms with Crippen LogP contribution in [0.25, 0.3) is 11.6 Å². The Hall–Kier alpha value is -2.16. The van der Waals surface area contributed by atoms with Crippen LogP contribution >= 0.6 is 0 Å². The second-order valence-electron chi connectivity index (χ2n) is 6.10. The summed E-state index contributed by atoms with van der Waals surface area (Å²) in [5, 5.41) is 17.3. The van der Waals surface area contributed by atoms with Gasteiger partial charge in [0.15, 0.2) is 0 Å². The van der Waals surface area contributed by atoms with E-state index in [1.807, 2.05) is 6.92 Å². The van der Waals surface area contributed by atoms with Crippen LogP contribution in [0.3, 0.4) is 0 Å². The number of hydrogen-bond acceptors (Lipinski definition) is 6. The van der Waals surface area contributed by atoms with Gasteiger partial charge in [0.05, 0.1) is 6.61 Å². The highest BCUT2D eigenvalue weighted by atomic mass is 19.4. The Kier molecular flexibility index (Phi) is 4.68. The number of hydrogen-bond donors (Lipinski definition) is 1. The maximum atomic E-state index is 13.4. The number of nitrogens with zero attached hydrogens (tertiary/aromatic N) is 3. The molecular formula is C16H18F3N3O3. The Bertz CT molecular complexity index is 748. The average molecular weight is 357 g/mol. The number of fused-ring (bicyclic) bond motifs is 5. The number of halogens is 3. The fourth-order valence-corrected chi connectivity index (χ4v) is 2.64. The highest BCUT2D eigenvalue weighted by molar-refractivity contribution is 5.49. The summed E-state index contributed by atoms with van der Waals surface area (Å²) in [5.41, 5.74) is -2.17. The molecule has 0 spiro atoms. The van der Waals surface area contributed by atoms with Crippen LogP contribution in [-0.4, -0.2) is 33.1 Å². The smallest absolute Gasteiger partial charge is 0.426 e. The zero-order valence-electron chi connectivity index (χ0n) is 13.6. The Morgan fingerprint density at radius 1 is 1.12 bits per heavy atom. The van der Waals surface area contributed by atoms with E-state index in [0.717, 1.165) is 5.56 Å². The number of rotatable bonds is 0. The zero-order chi connectivity index (χ0) is 18.1. The highest BCUT2D eigenvalue weighted by Crippen LogP contribution is 2.42. The van der Waals surface area contributed by atoms with Gasteiger partial charge in [-0.05, 0) is 32.3 Å². The molecule has 0 aromatic carbocycles. The van der Waals surface area contributed by atoms with E-state index in [9.17, 15) is 18.3 Å². The predicted octanol–water partition coefficient (Wildman–Crippen LogP) is 3.53. The maximum Gasteiger partial charge on any atom is 0.426 e. The van der Waals surface area contributed by atoms with Gasteiger partial charge in [-0.3, -0.25) is 0 Å². The molecule has 0 radical (unpaired) electrons. The molecule has 1 atom stereocenters. The van der Waals surface area contributed by atoms with Gasteiger partial charge in [-0.2, -0.15) is 13.2 Å². The quantitative estimate of drug-likeness (QED) is 0.777. The molecule has 0 aliphatic carbocycles. The minimum Gasteiger partial charge on any atom is -0.477 e. The molecule has 25 heavy (non-hydrogen) atoms. The summed E-state index contributed by atoms with van der Waals surface area (Å²) in [4.78, 5) is 4.23. The molecule has 3 rings (SSSR count). The molecule has 6 nitrogen and oxygen atoms in total. The van der Waals surface area contributed by atoms with Gasteiger partial charge in [0.1, 0.15) is 5.69 Å². The summed E-state index contributed by atoms with van der Waals surface area (Å²) in [6.07, 6.45) is -3.38. The van der Waals surface area contributed by atoms with Crippen molar-refractivity contribution in [2.75, 3.05) is 6.61 Å². The van der Waals surface area contributed by atoms with Crippen molar-refractivity contribution in [2.24, 2.45) is 0 Å². The van der Waals surface area contributed by atoms with Gasteiger partial charge in [0.2, 0.25) is 11.5 Å². The molecule has 1 unspecified atom stereocenters. The molecule has 0 fully saturated rings. The zero-order valence-corrected chi connectivity index (χ0v) is 13.6. The van der Waals surface area contributed by atoms with E-state index in [1.54, 1.807) is 12.1 Å². The van der Waals surface area contributed by atoms with E-state index >= 15 is 0 Å². The first kappa shape index (κ1) is 17.7. The van der Waals surface area contributed by atoms with Crippen LogP contribution in [0.5, 0.6) is 5.88 Å². The first-order valence-electron chi connectivity index (χ1n) is 8.05. The van der Waals surface area contributed by atoms with Gasteiger partial charge in [0, 0.05) is 5.56 Å². The lowest BCUT2D eigenvalue weighted by molar-refractivity contribution is -0.277. The molecule has 3 heterocycles. The van der Waals surface area contributed by atoms with Gasteiger partial charge in [0.25, 0.3) is 11.8 Å². The van der Waals surface area contributed by atoms with E-state index in [2.05, 4.69) is 15.2 Å². The Balaban J connectivity index is 2.05. The molecule has 2 aromatic rings. The molecule has 1 aliphatic rings. The summed E-state index contributed by atoms with van der Waals surface area (Å²) < 4.78 is 51.1. The van der Waals surface area contributed by atoms with Crippen molar-refractivity contribution in [3.05, 3.63) is 23.6 Å². The van der Waals surface area contributed by atoms with E-state index < -0.39 is 24.1 Å². The van der Waals surface area contributed by atoms with Crippen molar-refractivity contribution < 1.29 is 27.4 Å². The van der Waals surface area contributed by atoms with Crippen LogP contribution in [0, 0.1) is 6.92 Å². The molecule has 136 valence electrons. The van der Waals surface area contributed by atoms with Crippen molar-refractivity contribution in [3.8, 4) is 17.5 Å². The second kappa shape index (κ2) is 6.62. The lowest BCUT2D eigenvalue weighted by Gasteiger charge is -2.26. The number of pyridine rings is 1. The predicted molar refractivity (Wildman–Crippen MR) is 80.8 cm³/mol. The van der Waals surface area contributed by atoms with Crippen molar-refractivity contribution in [2.45, 2.75) is 50.8 Å². The number of aliphatic hydroxyl groups is 1. The van der Waals surface area contributed by atoms with Crippen molar-refractivity contribution in [3.63, 3.8) is 0 Å². The topological polar surface area (TPSA) is 81.3 Å². The molecule has 0 saturated heterocycles. The average Bonchev–Trinajstić information content (AvgIpc) is 3.04. The second-order valence-corrected chi connectivity index (χ2v) is 6.10. The van der Waals surface area contributed by atoms with Crippen molar-refractivity contribution in [1.82, 2.24) is 15.2 Å². The van der Waals surface area contributed by atoms with Crippen LogP contribution in [-0.2, 0) is 5.60 Å². The Morgan fingerprint density at radius 2 is 1.88 bits per heavy atom. The monoisotopic (exact) mass is 357 g/mol. The fraction of sp³-hybridized carbons (Fsp3) is 0.562. The molecule has 1 aliphatic heterocycles. The molecule has 4 bridgehead atoms. The molecule has 0 saturated carbocycles. The molecule has 1 N–H and O–H groups in total. The minimum atomic E-state index is -4.91. The van der Waals surface area contributed by atoms with Crippen LogP contribution in [0.1, 0.15) is 43.6 Å². The minimum absolute atomic E-state index is 0.177. The van der Waals surface area contributed by atoms with Crippen LogP contribution < -0.4 is 4.74 Å². The molecule has 0 amide bonds. The maximum absolute atomic E-state index is 13.4. The third-order valence-electron chi connectivity index (χ3n) is 4.19. The lowest BCUT2D eigenvalue weighted by Crippen LogP contribution is -2.42. The van der Waals surface area contributed by atoms with Gasteiger partial charge in [-0.15, -0.1) is 10.2 Å². The summed E-state index contributed by atoms with van der Waals surface area (Å²) in [6, 6.07) is 3.27. The highest BCUT2D eigenvalue weighted by Gasteiger charge is 2.58. The van der Waals surface area contributed by atoms with Crippen molar-refractivity contribution in [1.29, 1.82) is 0 Å². The lowest BCUT2D eigenvalue weighted by atomic mass is 9.95. The van der Waals surface area contributed by atoms with E-state index in [1.165, 1.54) is 0 Å². The first-order valence-corrected chi connectivity index (χ1v) is 8.05. The Morgan fingerprint density at radius 3 is 2.64 bits per heavy atom. The first-order chi connectivity index (χ1) is 11.8. The fourth-order valence-electron chi connectivity index (χ4n) is 2.64. The number of aryl methyl sites for hydroxylation is 1. The van der Waals surface area contributed by atoms with Crippen LogP contribution in [0.4, 0.5) is 13.2 Å². The SMILES string of the molecule is Cc1ccc2nc1OCCCCCCC(O)(C(F)(F)F)c1nnc-2o1. The number of alkyl halides is 3. The molecule has 2 aromatic heterocycles. The normalized spacial score (nSPS) is 22.1. The van der Waals surface area contributed by atoms with Gasteiger partial charge in [-0.25, -0.2) is 4.98 Å². The van der Waals surface area contributed by atoms with Crippen molar-refractivity contribution >= 4 is 0 Å².